The van der Waals surface area contributed by atoms with E-state index in [2.05, 4.69) is 18.9 Å². The molecule has 2 rings (SSSR count). The molecule has 1 atom stereocenters. The van der Waals surface area contributed by atoms with Crippen molar-refractivity contribution in [2.45, 2.75) is 71.9 Å². The Morgan fingerprint density at radius 1 is 1.30 bits per heavy atom. The molecule has 0 amide bonds. The minimum Gasteiger partial charge on any atom is -0.327 e. The molecule has 1 fully saturated rings. The molecule has 1 saturated carbocycles. The van der Waals surface area contributed by atoms with E-state index in [0.29, 0.717) is 5.92 Å². The van der Waals surface area contributed by atoms with E-state index in [4.69, 9.17) is 17.3 Å². The van der Waals surface area contributed by atoms with Crippen LogP contribution in [-0.4, -0.2) is 15.8 Å². The van der Waals surface area contributed by atoms with Gasteiger partial charge in [0.1, 0.15) is 0 Å². The van der Waals surface area contributed by atoms with E-state index in [1.807, 2.05) is 11.6 Å². The number of hydrogen-bond acceptors (Lipinski definition) is 2. The van der Waals surface area contributed by atoms with Crippen molar-refractivity contribution >= 4 is 11.6 Å². The molecule has 0 bridgehead atoms. The van der Waals surface area contributed by atoms with Gasteiger partial charge in [0, 0.05) is 19.0 Å². The maximum absolute atomic E-state index is 6.47. The zero-order valence-electron chi connectivity index (χ0n) is 13.0. The van der Waals surface area contributed by atoms with Gasteiger partial charge in [0.2, 0.25) is 0 Å². The first-order valence-electron chi connectivity index (χ1n) is 8.04. The van der Waals surface area contributed by atoms with Crippen molar-refractivity contribution < 1.29 is 0 Å². The molecule has 0 saturated heterocycles. The quantitative estimate of drug-likeness (QED) is 0.894. The van der Waals surface area contributed by atoms with Gasteiger partial charge >= 0.3 is 0 Å². The second-order valence-corrected chi connectivity index (χ2v) is 6.60. The lowest BCUT2D eigenvalue weighted by molar-refractivity contribution is 0.236. The molecule has 114 valence electrons. The smallest absolute Gasteiger partial charge is 0.0847 e. The summed E-state index contributed by atoms with van der Waals surface area (Å²) in [4.78, 5) is 0. The van der Waals surface area contributed by atoms with Gasteiger partial charge in [-0.2, -0.15) is 5.10 Å². The predicted molar refractivity (Wildman–Crippen MR) is 85.1 cm³/mol. The molecule has 0 aliphatic heterocycles. The summed E-state index contributed by atoms with van der Waals surface area (Å²) in [5.74, 6) is 1.57. The first kappa shape index (κ1) is 15.8. The standard InChI is InChI=1S/C16H28ClN3/c1-4-12-6-8-13(9-7-12)14(18)10-15-16(17)11(3)19-20(15)5-2/h12-14H,4-10,18H2,1-3H3. The van der Waals surface area contributed by atoms with Crippen molar-refractivity contribution in [1.82, 2.24) is 9.78 Å². The van der Waals surface area contributed by atoms with Gasteiger partial charge in [-0.25, -0.2) is 0 Å². The van der Waals surface area contributed by atoms with Crippen molar-refractivity contribution in [2.75, 3.05) is 0 Å². The molecular formula is C16H28ClN3. The topological polar surface area (TPSA) is 43.8 Å². The first-order valence-corrected chi connectivity index (χ1v) is 8.41. The molecule has 1 aliphatic carbocycles. The maximum atomic E-state index is 6.47. The Hall–Kier alpha value is -0.540. The lowest BCUT2D eigenvalue weighted by Crippen LogP contribution is -2.35. The average molecular weight is 298 g/mol. The molecule has 0 spiro atoms. The molecule has 2 N–H and O–H groups in total. The Bertz CT molecular complexity index is 433. The Kier molecular flexibility index (Phi) is 5.50. The van der Waals surface area contributed by atoms with Gasteiger partial charge in [-0.1, -0.05) is 37.8 Å². The highest BCUT2D eigenvalue weighted by atomic mass is 35.5. The highest BCUT2D eigenvalue weighted by Gasteiger charge is 2.26. The van der Waals surface area contributed by atoms with Gasteiger partial charge in [0.15, 0.2) is 0 Å². The number of halogens is 1. The fourth-order valence-corrected chi connectivity index (χ4v) is 3.69. The second-order valence-electron chi connectivity index (χ2n) is 6.22. The van der Waals surface area contributed by atoms with Crippen molar-refractivity contribution in [3.05, 3.63) is 16.4 Å². The van der Waals surface area contributed by atoms with E-state index in [1.54, 1.807) is 0 Å². The summed E-state index contributed by atoms with van der Waals surface area (Å²) in [6.45, 7) is 7.23. The van der Waals surface area contributed by atoms with Crippen LogP contribution in [0.4, 0.5) is 0 Å². The molecule has 20 heavy (non-hydrogen) atoms. The van der Waals surface area contributed by atoms with Gasteiger partial charge < -0.3 is 5.73 Å². The van der Waals surface area contributed by atoms with Gasteiger partial charge in [-0.05, 0) is 38.5 Å². The summed E-state index contributed by atoms with van der Waals surface area (Å²) in [5.41, 5.74) is 8.51. The van der Waals surface area contributed by atoms with Crippen molar-refractivity contribution in [3.8, 4) is 0 Å². The molecule has 0 aromatic carbocycles. The van der Waals surface area contributed by atoms with Crippen molar-refractivity contribution in [1.29, 1.82) is 0 Å². The van der Waals surface area contributed by atoms with Crippen LogP contribution in [-0.2, 0) is 13.0 Å². The van der Waals surface area contributed by atoms with Crippen LogP contribution in [0.1, 0.15) is 57.3 Å². The number of nitrogens with two attached hydrogens (primary N) is 1. The van der Waals surface area contributed by atoms with E-state index >= 15 is 0 Å². The van der Waals surface area contributed by atoms with Crippen LogP contribution in [0.25, 0.3) is 0 Å². The molecule has 1 unspecified atom stereocenters. The third-order valence-corrected chi connectivity index (χ3v) is 5.45. The van der Waals surface area contributed by atoms with E-state index in [9.17, 15) is 0 Å². The molecular weight excluding hydrogens is 270 g/mol. The van der Waals surface area contributed by atoms with Gasteiger partial charge in [-0.15, -0.1) is 0 Å². The monoisotopic (exact) mass is 297 g/mol. The summed E-state index contributed by atoms with van der Waals surface area (Å²) >= 11 is 6.38. The summed E-state index contributed by atoms with van der Waals surface area (Å²) < 4.78 is 2.01. The Balaban J connectivity index is 2.00. The molecule has 0 radical (unpaired) electrons. The van der Waals surface area contributed by atoms with Gasteiger partial charge in [0.25, 0.3) is 0 Å². The lowest BCUT2D eigenvalue weighted by Gasteiger charge is -2.31. The van der Waals surface area contributed by atoms with Gasteiger partial charge in [0.05, 0.1) is 16.4 Å². The minimum absolute atomic E-state index is 0.215. The van der Waals surface area contributed by atoms with E-state index in [-0.39, 0.29) is 6.04 Å². The number of rotatable bonds is 5. The van der Waals surface area contributed by atoms with Crippen LogP contribution in [0.5, 0.6) is 0 Å². The van der Waals surface area contributed by atoms with Crippen molar-refractivity contribution in [3.63, 3.8) is 0 Å². The maximum Gasteiger partial charge on any atom is 0.0847 e. The summed E-state index contributed by atoms with van der Waals surface area (Å²) in [5, 5.41) is 5.29. The second kappa shape index (κ2) is 6.95. The first-order chi connectivity index (χ1) is 9.56. The molecule has 3 nitrogen and oxygen atoms in total. The zero-order chi connectivity index (χ0) is 14.7. The van der Waals surface area contributed by atoms with E-state index < -0.39 is 0 Å². The van der Waals surface area contributed by atoms with Crippen LogP contribution in [0.2, 0.25) is 5.02 Å². The van der Waals surface area contributed by atoms with Crippen LogP contribution >= 0.6 is 11.6 Å². The van der Waals surface area contributed by atoms with Crippen LogP contribution in [0.3, 0.4) is 0 Å². The molecule has 1 heterocycles. The molecule has 1 aliphatic rings. The fraction of sp³-hybridized carbons (Fsp3) is 0.812. The fourth-order valence-electron chi connectivity index (χ4n) is 3.48. The van der Waals surface area contributed by atoms with Crippen LogP contribution in [0.15, 0.2) is 0 Å². The molecule has 1 aromatic rings. The van der Waals surface area contributed by atoms with E-state index in [1.165, 1.54) is 32.1 Å². The summed E-state index contributed by atoms with van der Waals surface area (Å²) in [6, 6.07) is 0.215. The average Bonchev–Trinajstić information content (AvgIpc) is 2.75. The largest absolute Gasteiger partial charge is 0.327 e. The highest BCUT2D eigenvalue weighted by Crippen LogP contribution is 2.33. The number of aromatic nitrogens is 2. The van der Waals surface area contributed by atoms with Gasteiger partial charge in [-0.3, -0.25) is 4.68 Å². The van der Waals surface area contributed by atoms with Crippen LogP contribution < -0.4 is 5.73 Å². The Morgan fingerprint density at radius 3 is 2.50 bits per heavy atom. The predicted octanol–water partition coefficient (Wildman–Crippen LogP) is 3.95. The number of hydrogen-bond donors (Lipinski definition) is 1. The molecule has 1 aromatic heterocycles. The lowest BCUT2D eigenvalue weighted by atomic mass is 9.77. The summed E-state index contributed by atoms with van der Waals surface area (Å²) in [6.07, 6.45) is 7.40. The van der Waals surface area contributed by atoms with Crippen LogP contribution in [0, 0.1) is 18.8 Å². The third kappa shape index (κ3) is 3.37. The summed E-state index contributed by atoms with van der Waals surface area (Å²) in [7, 11) is 0. The number of aryl methyl sites for hydroxylation is 2. The Morgan fingerprint density at radius 2 is 1.95 bits per heavy atom. The van der Waals surface area contributed by atoms with Crippen molar-refractivity contribution in [2.24, 2.45) is 17.6 Å². The molecule has 4 heteroatoms. The van der Waals surface area contributed by atoms with E-state index in [0.717, 1.165) is 35.3 Å². The minimum atomic E-state index is 0.215. The SMILES string of the molecule is CCC1CCC(C(N)Cc2c(Cl)c(C)nn2CC)CC1. The number of nitrogens with zero attached hydrogens (tertiary/aromatic N) is 2. The highest BCUT2D eigenvalue weighted by molar-refractivity contribution is 6.31. The normalized spacial score (nSPS) is 24.9. The zero-order valence-corrected chi connectivity index (χ0v) is 13.8. The Labute approximate surface area is 127 Å². The third-order valence-electron chi connectivity index (χ3n) is 4.96.